The normalized spacial score (nSPS) is 15.7. The van der Waals surface area contributed by atoms with Crippen LogP contribution in [-0.4, -0.2) is 46.4 Å². The Balaban J connectivity index is 1.86. The van der Waals surface area contributed by atoms with E-state index in [9.17, 15) is 9.90 Å². The largest absolute Gasteiger partial charge is 0.507 e. The van der Waals surface area contributed by atoms with Crippen molar-refractivity contribution in [1.29, 1.82) is 0 Å². The zero-order valence-electron chi connectivity index (χ0n) is 17.2. The molecule has 1 aromatic heterocycles. The first kappa shape index (κ1) is 20.4. The number of amides is 1. The Morgan fingerprint density at radius 3 is 2.67 bits per heavy atom. The molecule has 1 unspecified atom stereocenters. The molecule has 0 bridgehead atoms. The van der Waals surface area contributed by atoms with Gasteiger partial charge in [0.05, 0.1) is 6.04 Å². The minimum atomic E-state index is -0.307. The predicted octanol–water partition coefficient (Wildman–Crippen LogP) is 4.63. The van der Waals surface area contributed by atoms with Crippen molar-refractivity contribution in [3.63, 3.8) is 0 Å². The molecule has 1 aliphatic rings. The summed E-state index contributed by atoms with van der Waals surface area (Å²) in [5.41, 5.74) is 5.16. The maximum Gasteiger partial charge on any atom is 0.273 e. The van der Waals surface area contributed by atoms with Crippen molar-refractivity contribution < 1.29 is 14.6 Å². The van der Waals surface area contributed by atoms with Crippen LogP contribution in [0.3, 0.4) is 0 Å². The smallest absolute Gasteiger partial charge is 0.273 e. The Hall–Kier alpha value is -2.83. The number of methoxy groups -OCH3 is 1. The number of phenolic OH excluding ortho intramolecular Hbond substituents is 1. The lowest BCUT2D eigenvalue weighted by Gasteiger charge is -2.26. The number of rotatable bonds is 6. The number of H-pyrrole nitrogens is 1. The van der Waals surface area contributed by atoms with Crippen molar-refractivity contribution in [2.45, 2.75) is 26.3 Å². The van der Waals surface area contributed by atoms with Gasteiger partial charge in [-0.05, 0) is 43.5 Å². The number of phenols is 1. The lowest BCUT2D eigenvalue weighted by molar-refractivity contribution is 0.0723. The molecule has 2 N–H and O–H groups in total. The van der Waals surface area contributed by atoms with Crippen LogP contribution in [0.4, 0.5) is 0 Å². The standard InChI is InChI=1S/C23H24ClN3O3/c1-13-5-7-15(8-6-13)22-19-20(16-12-17(24)14(2)11-18(16)28)25-26-21(19)23(29)27(22)9-4-10-30-3/h5-8,11-12,22,28H,4,9-10H2,1-3H3,(H,25,26). The van der Waals surface area contributed by atoms with Crippen LogP contribution in [0.1, 0.15) is 45.2 Å². The molecule has 2 heterocycles. The number of aromatic amines is 1. The maximum absolute atomic E-state index is 13.2. The van der Waals surface area contributed by atoms with E-state index in [4.69, 9.17) is 16.3 Å². The lowest BCUT2D eigenvalue weighted by Crippen LogP contribution is -2.31. The Morgan fingerprint density at radius 2 is 1.97 bits per heavy atom. The Kier molecular flexibility index (Phi) is 5.54. The topological polar surface area (TPSA) is 78.5 Å². The number of nitrogens with one attached hydrogen (secondary N) is 1. The second kappa shape index (κ2) is 8.13. The van der Waals surface area contributed by atoms with Gasteiger partial charge in [0.15, 0.2) is 0 Å². The molecule has 1 aliphatic heterocycles. The van der Waals surface area contributed by atoms with Crippen molar-refractivity contribution in [2.75, 3.05) is 20.3 Å². The third-order valence-electron chi connectivity index (χ3n) is 5.54. The zero-order valence-corrected chi connectivity index (χ0v) is 18.0. The van der Waals surface area contributed by atoms with Gasteiger partial charge in [0.2, 0.25) is 0 Å². The fourth-order valence-corrected chi connectivity index (χ4v) is 4.13. The van der Waals surface area contributed by atoms with Crippen LogP contribution in [0.2, 0.25) is 5.02 Å². The van der Waals surface area contributed by atoms with Crippen LogP contribution < -0.4 is 0 Å². The van der Waals surface area contributed by atoms with Crippen LogP contribution >= 0.6 is 11.6 Å². The molecule has 7 heteroatoms. The van der Waals surface area contributed by atoms with E-state index >= 15 is 0 Å². The average Bonchev–Trinajstić information content (AvgIpc) is 3.25. The van der Waals surface area contributed by atoms with Crippen LogP contribution in [0, 0.1) is 13.8 Å². The Bertz CT molecular complexity index is 1090. The molecule has 0 fully saturated rings. The number of benzene rings is 2. The van der Waals surface area contributed by atoms with Crippen molar-refractivity contribution in [3.05, 3.63) is 69.4 Å². The second-order valence-corrected chi connectivity index (χ2v) is 8.04. The van der Waals surface area contributed by atoms with Crippen LogP contribution in [0.15, 0.2) is 36.4 Å². The Morgan fingerprint density at radius 1 is 1.23 bits per heavy atom. The molecule has 0 spiro atoms. The number of hydrogen-bond acceptors (Lipinski definition) is 4. The van der Waals surface area contributed by atoms with Crippen LogP contribution in [0.5, 0.6) is 5.75 Å². The van der Waals surface area contributed by atoms with Crippen molar-refractivity contribution in [3.8, 4) is 17.0 Å². The van der Waals surface area contributed by atoms with Crippen LogP contribution in [0.25, 0.3) is 11.3 Å². The van der Waals surface area contributed by atoms with Crippen molar-refractivity contribution in [1.82, 2.24) is 15.1 Å². The molecular weight excluding hydrogens is 402 g/mol. The third-order valence-corrected chi connectivity index (χ3v) is 5.94. The van der Waals surface area contributed by atoms with E-state index < -0.39 is 0 Å². The van der Waals surface area contributed by atoms with Gasteiger partial charge in [-0.1, -0.05) is 41.4 Å². The maximum atomic E-state index is 13.2. The molecular formula is C23H24ClN3O3. The number of halogens is 1. The van der Waals surface area contributed by atoms with Crippen molar-refractivity contribution in [2.24, 2.45) is 0 Å². The summed E-state index contributed by atoms with van der Waals surface area (Å²) in [6.07, 6.45) is 0.721. The Labute approximate surface area is 180 Å². The van der Waals surface area contributed by atoms with Gasteiger partial charge in [0.1, 0.15) is 17.1 Å². The van der Waals surface area contributed by atoms with Gasteiger partial charge in [0, 0.05) is 36.4 Å². The fourth-order valence-electron chi connectivity index (χ4n) is 3.96. The molecule has 0 radical (unpaired) electrons. The summed E-state index contributed by atoms with van der Waals surface area (Å²) in [6.45, 7) is 4.98. The highest BCUT2D eigenvalue weighted by Gasteiger charge is 2.42. The third kappa shape index (κ3) is 3.46. The molecule has 4 rings (SSSR count). The monoisotopic (exact) mass is 425 g/mol. The van der Waals surface area contributed by atoms with Gasteiger partial charge in [0.25, 0.3) is 5.91 Å². The van der Waals surface area contributed by atoms with E-state index in [0.29, 0.717) is 35.1 Å². The first-order valence-corrected chi connectivity index (χ1v) is 10.2. The minimum Gasteiger partial charge on any atom is -0.507 e. The number of carbonyl (C=O) groups excluding carboxylic acids is 1. The van der Waals surface area contributed by atoms with E-state index in [1.807, 2.05) is 43.0 Å². The van der Waals surface area contributed by atoms with E-state index in [1.54, 1.807) is 19.2 Å². The number of ether oxygens (including phenoxy) is 1. The highest BCUT2D eigenvalue weighted by atomic mass is 35.5. The second-order valence-electron chi connectivity index (χ2n) is 7.64. The lowest BCUT2D eigenvalue weighted by atomic mass is 9.94. The summed E-state index contributed by atoms with van der Waals surface area (Å²) in [5.74, 6) is -0.0257. The summed E-state index contributed by atoms with van der Waals surface area (Å²) < 4.78 is 5.18. The number of aryl methyl sites for hydroxylation is 2. The van der Waals surface area contributed by atoms with Crippen molar-refractivity contribution >= 4 is 17.5 Å². The molecule has 6 nitrogen and oxygen atoms in total. The highest BCUT2D eigenvalue weighted by Crippen LogP contribution is 2.45. The molecule has 1 amide bonds. The van der Waals surface area contributed by atoms with E-state index in [2.05, 4.69) is 10.2 Å². The van der Waals surface area contributed by atoms with Gasteiger partial charge >= 0.3 is 0 Å². The fraction of sp³-hybridized carbons (Fsp3) is 0.304. The first-order chi connectivity index (χ1) is 14.4. The quantitative estimate of drug-likeness (QED) is 0.564. The average molecular weight is 426 g/mol. The number of hydrogen-bond donors (Lipinski definition) is 2. The predicted molar refractivity (Wildman–Crippen MR) is 116 cm³/mol. The molecule has 0 saturated heterocycles. The van der Waals surface area contributed by atoms with Gasteiger partial charge in [-0.15, -0.1) is 0 Å². The molecule has 3 aromatic rings. The summed E-state index contributed by atoms with van der Waals surface area (Å²) in [7, 11) is 1.65. The summed E-state index contributed by atoms with van der Waals surface area (Å²) >= 11 is 6.33. The number of carbonyl (C=O) groups is 1. The molecule has 0 saturated carbocycles. The van der Waals surface area contributed by atoms with E-state index in [-0.39, 0.29) is 17.7 Å². The van der Waals surface area contributed by atoms with Gasteiger partial charge in [-0.3, -0.25) is 9.89 Å². The number of aromatic hydroxyl groups is 1. The van der Waals surface area contributed by atoms with E-state index in [0.717, 1.165) is 28.7 Å². The molecule has 156 valence electrons. The summed E-state index contributed by atoms with van der Waals surface area (Å²) in [5, 5.41) is 18.4. The molecule has 2 aromatic carbocycles. The SMILES string of the molecule is COCCCN1C(=O)c2[nH]nc(-c3cc(Cl)c(C)cc3O)c2C1c1ccc(C)cc1. The molecule has 30 heavy (non-hydrogen) atoms. The number of fused-ring (bicyclic) bond motifs is 1. The van der Waals surface area contributed by atoms with Gasteiger partial charge in [-0.2, -0.15) is 5.10 Å². The minimum absolute atomic E-state index is 0.0825. The number of nitrogens with zero attached hydrogens (tertiary/aromatic N) is 2. The summed E-state index contributed by atoms with van der Waals surface area (Å²) in [4.78, 5) is 15.1. The highest BCUT2D eigenvalue weighted by molar-refractivity contribution is 6.31. The van der Waals surface area contributed by atoms with E-state index in [1.165, 1.54) is 0 Å². The van der Waals surface area contributed by atoms with Crippen LogP contribution in [-0.2, 0) is 4.74 Å². The van der Waals surface area contributed by atoms with Gasteiger partial charge in [-0.25, -0.2) is 0 Å². The first-order valence-electron chi connectivity index (χ1n) is 9.86. The zero-order chi connectivity index (χ0) is 21.4. The summed E-state index contributed by atoms with van der Waals surface area (Å²) in [6, 6.07) is 11.1. The molecule has 0 aliphatic carbocycles. The van der Waals surface area contributed by atoms with Gasteiger partial charge < -0.3 is 14.7 Å². The number of aromatic nitrogens is 2. The molecule has 1 atom stereocenters.